The fourth-order valence-corrected chi connectivity index (χ4v) is 2.07. The number of aliphatic imine (C=N–C) groups is 1. The molecule has 0 aliphatic carbocycles. The van der Waals surface area contributed by atoms with Crippen LogP contribution in [-0.4, -0.2) is 31.8 Å². The molecule has 0 fully saturated rings. The van der Waals surface area contributed by atoms with Gasteiger partial charge in [-0.25, -0.2) is 4.99 Å². The van der Waals surface area contributed by atoms with Crippen LogP contribution >= 0.6 is 24.0 Å². The average molecular weight is 419 g/mol. The lowest BCUT2D eigenvalue weighted by molar-refractivity contribution is 0.297. The highest BCUT2D eigenvalue weighted by Crippen LogP contribution is 2.30. The SMILES string of the molecule is CCNC(=NCc1ccc2c(c1)OCCCO2)NC(C)C.I. The van der Waals surface area contributed by atoms with E-state index in [9.17, 15) is 0 Å². The Morgan fingerprint density at radius 3 is 2.64 bits per heavy atom. The van der Waals surface area contributed by atoms with E-state index < -0.39 is 0 Å². The summed E-state index contributed by atoms with van der Waals surface area (Å²) in [7, 11) is 0. The highest BCUT2D eigenvalue weighted by molar-refractivity contribution is 14.0. The van der Waals surface area contributed by atoms with Crippen LogP contribution in [-0.2, 0) is 6.54 Å². The first kappa shape index (κ1) is 18.9. The molecule has 0 saturated heterocycles. The van der Waals surface area contributed by atoms with Crippen LogP contribution in [0.3, 0.4) is 0 Å². The lowest BCUT2D eigenvalue weighted by Gasteiger charge is -2.14. The van der Waals surface area contributed by atoms with E-state index in [1.807, 2.05) is 18.2 Å². The Balaban J connectivity index is 0.00000242. The van der Waals surface area contributed by atoms with Gasteiger partial charge in [-0.15, -0.1) is 24.0 Å². The van der Waals surface area contributed by atoms with Gasteiger partial charge in [-0.2, -0.15) is 0 Å². The summed E-state index contributed by atoms with van der Waals surface area (Å²) in [5, 5.41) is 6.55. The fraction of sp³-hybridized carbons (Fsp3) is 0.562. The van der Waals surface area contributed by atoms with Crippen molar-refractivity contribution in [3.8, 4) is 11.5 Å². The molecule has 0 saturated carbocycles. The molecule has 0 bridgehead atoms. The van der Waals surface area contributed by atoms with Crippen LogP contribution in [0.15, 0.2) is 23.2 Å². The molecule has 1 aliphatic heterocycles. The topological polar surface area (TPSA) is 54.9 Å². The quantitative estimate of drug-likeness (QED) is 0.448. The first-order chi connectivity index (χ1) is 10.2. The largest absolute Gasteiger partial charge is 0.490 e. The van der Waals surface area contributed by atoms with Gasteiger partial charge in [0.05, 0.1) is 19.8 Å². The molecule has 1 aromatic carbocycles. The number of fused-ring (bicyclic) bond motifs is 1. The molecule has 0 aromatic heterocycles. The van der Waals surface area contributed by atoms with Gasteiger partial charge in [0, 0.05) is 19.0 Å². The summed E-state index contributed by atoms with van der Waals surface area (Å²) in [5.74, 6) is 2.48. The lowest BCUT2D eigenvalue weighted by Crippen LogP contribution is -2.40. The van der Waals surface area contributed by atoms with Gasteiger partial charge >= 0.3 is 0 Å². The van der Waals surface area contributed by atoms with E-state index in [1.54, 1.807) is 0 Å². The first-order valence-electron chi connectivity index (χ1n) is 7.62. The van der Waals surface area contributed by atoms with Gasteiger partial charge in [-0.05, 0) is 38.5 Å². The van der Waals surface area contributed by atoms with Gasteiger partial charge in [-0.3, -0.25) is 0 Å². The van der Waals surface area contributed by atoms with Crippen molar-refractivity contribution < 1.29 is 9.47 Å². The number of halogens is 1. The Hall–Kier alpha value is -1.18. The van der Waals surface area contributed by atoms with Crippen LogP contribution in [0.1, 0.15) is 32.8 Å². The molecular formula is C16H26IN3O2. The van der Waals surface area contributed by atoms with Crippen molar-refractivity contribution in [1.82, 2.24) is 10.6 Å². The second-order valence-electron chi connectivity index (χ2n) is 5.33. The molecule has 22 heavy (non-hydrogen) atoms. The summed E-state index contributed by atoms with van der Waals surface area (Å²) < 4.78 is 11.3. The van der Waals surface area contributed by atoms with E-state index in [4.69, 9.17) is 9.47 Å². The van der Waals surface area contributed by atoms with Crippen LogP contribution in [0.5, 0.6) is 11.5 Å². The summed E-state index contributed by atoms with van der Waals surface area (Å²) in [4.78, 5) is 4.59. The van der Waals surface area contributed by atoms with Gasteiger partial charge in [-0.1, -0.05) is 6.07 Å². The third-order valence-electron chi connectivity index (χ3n) is 3.00. The molecule has 1 aromatic rings. The van der Waals surface area contributed by atoms with Crippen molar-refractivity contribution in [2.45, 2.75) is 39.8 Å². The molecule has 0 atom stereocenters. The Kier molecular flexibility index (Phi) is 8.37. The Labute approximate surface area is 149 Å². The predicted molar refractivity (Wildman–Crippen MR) is 101 cm³/mol. The molecule has 1 aliphatic rings. The van der Waals surface area contributed by atoms with E-state index in [1.165, 1.54) is 0 Å². The van der Waals surface area contributed by atoms with Crippen molar-refractivity contribution in [1.29, 1.82) is 0 Å². The molecule has 2 rings (SSSR count). The summed E-state index contributed by atoms with van der Waals surface area (Å²) in [6.07, 6.45) is 0.922. The normalized spacial score (nSPS) is 14.1. The number of nitrogens with one attached hydrogen (secondary N) is 2. The number of guanidine groups is 1. The van der Waals surface area contributed by atoms with E-state index in [0.29, 0.717) is 25.8 Å². The van der Waals surface area contributed by atoms with Crippen molar-refractivity contribution in [2.24, 2.45) is 4.99 Å². The van der Waals surface area contributed by atoms with Crippen LogP contribution in [0.25, 0.3) is 0 Å². The number of nitrogens with zero attached hydrogens (tertiary/aromatic N) is 1. The average Bonchev–Trinajstić information content (AvgIpc) is 2.69. The van der Waals surface area contributed by atoms with Crippen LogP contribution in [0.4, 0.5) is 0 Å². The van der Waals surface area contributed by atoms with E-state index >= 15 is 0 Å². The molecule has 0 unspecified atom stereocenters. The summed E-state index contributed by atoms with van der Waals surface area (Å²) in [6.45, 7) is 9.13. The maximum Gasteiger partial charge on any atom is 0.191 e. The Morgan fingerprint density at radius 2 is 1.95 bits per heavy atom. The van der Waals surface area contributed by atoms with Crippen LogP contribution in [0, 0.1) is 0 Å². The number of hydrogen-bond acceptors (Lipinski definition) is 3. The number of rotatable bonds is 4. The summed E-state index contributed by atoms with van der Waals surface area (Å²) >= 11 is 0. The number of benzene rings is 1. The van der Waals surface area contributed by atoms with Crippen molar-refractivity contribution in [2.75, 3.05) is 19.8 Å². The van der Waals surface area contributed by atoms with Gasteiger partial charge in [0.15, 0.2) is 17.5 Å². The minimum absolute atomic E-state index is 0. The minimum Gasteiger partial charge on any atom is -0.490 e. The van der Waals surface area contributed by atoms with Crippen molar-refractivity contribution in [3.63, 3.8) is 0 Å². The molecule has 2 N–H and O–H groups in total. The molecule has 124 valence electrons. The van der Waals surface area contributed by atoms with Crippen molar-refractivity contribution in [3.05, 3.63) is 23.8 Å². The number of hydrogen-bond donors (Lipinski definition) is 2. The molecule has 1 heterocycles. The third kappa shape index (κ3) is 5.90. The number of ether oxygens (including phenoxy) is 2. The van der Waals surface area contributed by atoms with E-state index in [2.05, 4.69) is 36.4 Å². The van der Waals surface area contributed by atoms with Gasteiger partial charge in [0.25, 0.3) is 0 Å². The lowest BCUT2D eigenvalue weighted by atomic mass is 10.2. The molecular weight excluding hydrogens is 393 g/mol. The second-order valence-corrected chi connectivity index (χ2v) is 5.33. The first-order valence-corrected chi connectivity index (χ1v) is 7.62. The summed E-state index contributed by atoms with van der Waals surface area (Å²) in [6, 6.07) is 6.37. The van der Waals surface area contributed by atoms with Crippen LogP contribution in [0.2, 0.25) is 0 Å². The highest BCUT2D eigenvalue weighted by Gasteiger charge is 2.10. The summed E-state index contributed by atoms with van der Waals surface area (Å²) in [5.41, 5.74) is 1.11. The molecule has 0 amide bonds. The standard InChI is InChI=1S/C16H25N3O2.HI/c1-4-17-16(19-12(2)3)18-11-13-6-7-14-15(10-13)21-9-5-8-20-14;/h6-7,10,12H,4-5,8-9,11H2,1-3H3,(H2,17,18,19);1H. The van der Waals surface area contributed by atoms with Gasteiger partial charge < -0.3 is 20.1 Å². The smallest absolute Gasteiger partial charge is 0.191 e. The monoisotopic (exact) mass is 419 g/mol. The van der Waals surface area contributed by atoms with Gasteiger partial charge in [0.2, 0.25) is 0 Å². The Bertz CT molecular complexity index is 492. The van der Waals surface area contributed by atoms with Crippen LogP contribution < -0.4 is 20.1 Å². The maximum absolute atomic E-state index is 5.70. The fourth-order valence-electron chi connectivity index (χ4n) is 2.07. The molecule has 6 heteroatoms. The van der Waals surface area contributed by atoms with Crippen molar-refractivity contribution >= 4 is 29.9 Å². The molecule has 0 spiro atoms. The second kappa shape index (κ2) is 9.76. The zero-order valence-electron chi connectivity index (χ0n) is 13.5. The highest BCUT2D eigenvalue weighted by atomic mass is 127. The van der Waals surface area contributed by atoms with Gasteiger partial charge in [0.1, 0.15) is 0 Å². The Morgan fingerprint density at radius 1 is 1.23 bits per heavy atom. The predicted octanol–water partition coefficient (Wildman–Crippen LogP) is 2.93. The third-order valence-corrected chi connectivity index (χ3v) is 3.00. The zero-order valence-corrected chi connectivity index (χ0v) is 15.8. The molecule has 0 radical (unpaired) electrons. The van der Waals surface area contributed by atoms with E-state index in [0.717, 1.165) is 36.0 Å². The maximum atomic E-state index is 5.70. The zero-order chi connectivity index (χ0) is 15.1. The van der Waals surface area contributed by atoms with E-state index in [-0.39, 0.29) is 24.0 Å². The molecule has 5 nitrogen and oxygen atoms in total. The minimum atomic E-state index is 0.